The second-order valence-corrected chi connectivity index (χ2v) is 6.24. The van der Waals surface area contributed by atoms with E-state index in [1.807, 2.05) is 6.26 Å². The molecule has 0 spiro atoms. The summed E-state index contributed by atoms with van der Waals surface area (Å²) in [6, 6.07) is 6.81. The monoisotopic (exact) mass is 273 g/mol. The van der Waals surface area contributed by atoms with Gasteiger partial charge in [-0.2, -0.15) is 0 Å². The third kappa shape index (κ3) is 3.78. The minimum atomic E-state index is 0.296. The molecule has 20 heavy (non-hydrogen) atoms. The Hall–Kier alpha value is -1.44. The van der Waals surface area contributed by atoms with Crippen molar-refractivity contribution >= 4 is 5.69 Å². The molecule has 0 radical (unpaired) electrons. The maximum absolute atomic E-state index is 5.62. The quantitative estimate of drug-likeness (QED) is 0.811. The third-order valence-electron chi connectivity index (χ3n) is 3.91. The van der Waals surface area contributed by atoms with Crippen LogP contribution in [-0.2, 0) is 4.74 Å². The number of anilines is 1. The highest BCUT2D eigenvalue weighted by atomic mass is 16.5. The highest BCUT2D eigenvalue weighted by Crippen LogP contribution is 2.28. The van der Waals surface area contributed by atoms with Crippen molar-refractivity contribution in [3.05, 3.63) is 41.7 Å². The van der Waals surface area contributed by atoms with Gasteiger partial charge in [0.1, 0.15) is 6.10 Å². The second kappa shape index (κ2) is 6.83. The number of allylic oxidation sites excluding steroid dienone is 1. The zero-order chi connectivity index (χ0) is 14.5. The van der Waals surface area contributed by atoms with E-state index in [0.29, 0.717) is 17.9 Å². The fourth-order valence-corrected chi connectivity index (χ4v) is 2.54. The van der Waals surface area contributed by atoms with Gasteiger partial charge < -0.3 is 10.1 Å². The molecule has 1 aromatic rings. The maximum atomic E-state index is 5.62. The van der Waals surface area contributed by atoms with Gasteiger partial charge in [-0.3, -0.25) is 0 Å². The molecule has 2 nitrogen and oxygen atoms in total. The molecule has 1 aliphatic rings. The standard InChI is InChI=1S/C18H27NO/c1-13(2)15-8-9-18(17(11-15)14(3)4)19-12-16-7-5-6-10-20-16/h6,8-11,13-14,16,19H,5,7,12H2,1-4H3. The second-order valence-electron chi connectivity index (χ2n) is 6.24. The van der Waals surface area contributed by atoms with Crippen molar-refractivity contribution in [2.75, 3.05) is 11.9 Å². The molecular weight excluding hydrogens is 246 g/mol. The van der Waals surface area contributed by atoms with Crippen molar-refractivity contribution in [3.63, 3.8) is 0 Å². The largest absolute Gasteiger partial charge is 0.497 e. The Morgan fingerprint density at radius 2 is 2.00 bits per heavy atom. The van der Waals surface area contributed by atoms with Gasteiger partial charge in [0.15, 0.2) is 0 Å². The minimum Gasteiger partial charge on any atom is -0.497 e. The molecule has 0 bridgehead atoms. The topological polar surface area (TPSA) is 21.3 Å². The molecule has 1 aliphatic heterocycles. The molecule has 1 aromatic carbocycles. The van der Waals surface area contributed by atoms with Crippen LogP contribution in [0.3, 0.4) is 0 Å². The number of rotatable bonds is 5. The molecule has 1 heterocycles. The Balaban J connectivity index is 2.08. The van der Waals surface area contributed by atoms with Crippen molar-refractivity contribution in [1.29, 1.82) is 0 Å². The Labute approximate surface area is 123 Å². The number of hydrogen-bond acceptors (Lipinski definition) is 2. The number of hydrogen-bond donors (Lipinski definition) is 1. The van der Waals surface area contributed by atoms with E-state index in [9.17, 15) is 0 Å². The first kappa shape index (κ1) is 15.0. The van der Waals surface area contributed by atoms with Crippen molar-refractivity contribution in [2.45, 2.75) is 58.5 Å². The van der Waals surface area contributed by atoms with Crippen LogP contribution in [0.2, 0.25) is 0 Å². The minimum absolute atomic E-state index is 0.296. The number of nitrogens with one attached hydrogen (secondary N) is 1. The summed E-state index contributed by atoms with van der Waals surface area (Å²) < 4.78 is 5.62. The van der Waals surface area contributed by atoms with Crippen LogP contribution in [0.15, 0.2) is 30.5 Å². The molecule has 0 saturated heterocycles. The van der Waals surface area contributed by atoms with Gasteiger partial charge in [0.05, 0.1) is 12.8 Å². The Morgan fingerprint density at radius 1 is 1.20 bits per heavy atom. The molecule has 2 heteroatoms. The molecule has 1 unspecified atom stereocenters. The number of ether oxygens (including phenoxy) is 1. The Morgan fingerprint density at radius 3 is 2.60 bits per heavy atom. The molecule has 0 saturated carbocycles. The fourth-order valence-electron chi connectivity index (χ4n) is 2.54. The van der Waals surface area contributed by atoms with E-state index in [2.05, 4.69) is 57.3 Å². The average Bonchev–Trinajstić information content (AvgIpc) is 2.45. The lowest BCUT2D eigenvalue weighted by Gasteiger charge is -2.23. The van der Waals surface area contributed by atoms with Crippen LogP contribution in [0.25, 0.3) is 0 Å². The normalized spacial score (nSPS) is 18.4. The molecule has 110 valence electrons. The lowest BCUT2D eigenvalue weighted by molar-refractivity contribution is 0.135. The molecule has 1 N–H and O–H groups in total. The van der Waals surface area contributed by atoms with Crippen molar-refractivity contribution in [1.82, 2.24) is 0 Å². The van der Waals surface area contributed by atoms with Gasteiger partial charge in [-0.1, -0.05) is 39.8 Å². The van der Waals surface area contributed by atoms with Gasteiger partial charge in [-0.25, -0.2) is 0 Å². The summed E-state index contributed by atoms with van der Waals surface area (Å²) in [5, 5.41) is 3.57. The van der Waals surface area contributed by atoms with Gasteiger partial charge in [-0.05, 0) is 47.9 Å². The van der Waals surface area contributed by atoms with Crippen molar-refractivity contribution in [3.8, 4) is 0 Å². The van der Waals surface area contributed by atoms with Crippen molar-refractivity contribution in [2.24, 2.45) is 0 Å². The SMILES string of the molecule is CC(C)c1ccc(NCC2CCC=CO2)c(C(C)C)c1. The molecule has 0 fully saturated rings. The van der Waals surface area contributed by atoms with E-state index in [0.717, 1.165) is 19.4 Å². The molecular formula is C18H27NO. The summed E-state index contributed by atoms with van der Waals surface area (Å²) in [6.45, 7) is 9.88. The lowest BCUT2D eigenvalue weighted by atomic mass is 9.94. The molecule has 2 rings (SSSR count). The first-order chi connectivity index (χ1) is 9.58. The predicted molar refractivity (Wildman–Crippen MR) is 86.4 cm³/mol. The first-order valence-corrected chi connectivity index (χ1v) is 7.76. The van der Waals surface area contributed by atoms with Crippen LogP contribution in [0.5, 0.6) is 0 Å². The van der Waals surface area contributed by atoms with E-state index in [1.54, 1.807) is 0 Å². The summed E-state index contributed by atoms with van der Waals surface area (Å²) in [5.74, 6) is 1.11. The molecule has 0 aliphatic carbocycles. The van der Waals surface area contributed by atoms with E-state index in [-0.39, 0.29) is 0 Å². The van der Waals surface area contributed by atoms with E-state index in [4.69, 9.17) is 4.74 Å². The van der Waals surface area contributed by atoms with Crippen molar-refractivity contribution < 1.29 is 4.74 Å². The van der Waals surface area contributed by atoms with E-state index >= 15 is 0 Å². The van der Waals surface area contributed by atoms with Crippen LogP contribution in [0, 0.1) is 0 Å². The molecule has 0 aromatic heterocycles. The highest BCUT2D eigenvalue weighted by molar-refractivity contribution is 5.54. The third-order valence-corrected chi connectivity index (χ3v) is 3.91. The predicted octanol–water partition coefficient (Wildman–Crippen LogP) is 5.04. The van der Waals surface area contributed by atoms with Crippen LogP contribution < -0.4 is 5.32 Å². The summed E-state index contributed by atoms with van der Waals surface area (Å²) >= 11 is 0. The fraction of sp³-hybridized carbons (Fsp3) is 0.556. The van der Waals surface area contributed by atoms with E-state index in [1.165, 1.54) is 16.8 Å². The zero-order valence-corrected chi connectivity index (χ0v) is 13.1. The molecule has 0 amide bonds. The van der Waals surface area contributed by atoms with Gasteiger partial charge in [0, 0.05) is 5.69 Å². The maximum Gasteiger partial charge on any atom is 0.115 e. The lowest BCUT2D eigenvalue weighted by Crippen LogP contribution is -2.23. The highest BCUT2D eigenvalue weighted by Gasteiger charge is 2.13. The van der Waals surface area contributed by atoms with Crippen LogP contribution >= 0.6 is 0 Å². The van der Waals surface area contributed by atoms with Crippen LogP contribution in [0.4, 0.5) is 5.69 Å². The van der Waals surface area contributed by atoms with Crippen LogP contribution in [0.1, 0.15) is 63.5 Å². The average molecular weight is 273 g/mol. The summed E-state index contributed by atoms with van der Waals surface area (Å²) in [6.07, 6.45) is 6.44. The van der Waals surface area contributed by atoms with E-state index < -0.39 is 0 Å². The summed E-state index contributed by atoms with van der Waals surface area (Å²) in [7, 11) is 0. The van der Waals surface area contributed by atoms with Gasteiger partial charge in [0.25, 0.3) is 0 Å². The Bertz CT molecular complexity index is 462. The Kier molecular flexibility index (Phi) is 5.11. The first-order valence-electron chi connectivity index (χ1n) is 7.76. The van der Waals surface area contributed by atoms with Gasteiger partial charge in [-0.15, -0.1) is 0 Å². The zero-order valence-electron chi connectivity index (χ0n) is 13.1. The smallest absolute Gasteiger partial charge is 0.115 e. The summed E-state index contributed by atoms with van der Waals surface area (Å²) in [4.78, 5) is 0. The van der Waals surface area contributed by atoms with Gasteiger partial charge in [0.2, 0.25) is 0 Å². The molecule has 1 atom stereocenters. The van der Waals surface area contributed by atoms with Crippen LogP contribution in [-0.4, -0.2) is 12.6 Å². The number of benzene rings is 1. The van der Waals surface area contributed by atoms with Gasteiger partial charge >= 0.3 is 0 Å². The summed E-state index contributed by atoms with van der Waals surface area (Å²) in [5.41, 5.74) is 4.07.